The van der Waals surface area contributed by atoms with Crippen LogP contribution in [-0.4, -0.2) is 23.7 Å². The first-order valence-corrected chi connectivity index (χ1v) is 4.64. The van der Waals surface area contributed by atoms with Crippen LogP contribution in [0.4, 0.5) is 0 Å². The lowest BCUT2D eigenvalue weighted by Crippen LogP contribution is -2.05. The Labute approximate surface area is 86.6 Å². The molecule has 1 aromatic heterocycles. The Balaban J connectivity index is 2.54. The van der Waals surface area contributed by atoms with E-state index in [0.717, 1.165) is 25.2 Å². The Morgan fingerprint density at radius 1 is 1.53 bits per heavy atom. The normalized spacial score (nSPS) is 9.93. The van der Waals surface area contributed by atoms with E-state index in [1.54, 1.807) is 0 Å². The lowest BCUT2D eigenvalue weighted by molar-refractivity contribution is 0.0463. The van der Waals surface area contributed by atoms with Crippen molar-refractivity contribution in [2.75, 3.05) is 6.61 Å². The van der Waals surface area contributed by atoms with Crippen LogP contribution in [-0.2, 0) is 4.74 Å². The molecule has 0 amide bonds. The van der Waals surface area contributed by atoms with Crippen LogP contribution in [0.2, 0.25) is 0 Å². The molecule has 0 unspecified atom stereocenters. The molecule has 0 aliphatic rings. The molecule has 1 N–H and O–H groups in total. The minimum absolute atomic E-state index is 0.0579. The molecule has 82 valence electrons. The van der Waals surface area contributed by atoms with Gasteiger partial charge in [0.05, 0.1) is 12.2 Å². The van der Waals surface area contributed by atoms with Crippen LogP contribution in [0, 0.1) is 0 Å². The van der Waals surface area contributed by atoms with E-state index >= 15 is 0 Å². The zero-order valence-corrected chi connectivity index (χ0v) is 8.36. The molecule has 15 heavy (non-hydrogen) atoms. The molecule has 0 saturated heterocycles. The smallest absolute Gasteiger partial charge is 0.374 e. The van der Waals surface area contributed by atoms with Gasteiger partial charge in [-0.3, -0.25) is 0 Å². The zero-order chi connectivity index (χ0) is 11.3. The first kappa shape index (κ1) is 11.3. The van der Waals surface area contributed by atoms with Gasteiger partial charge < -0.3 is 14.3 Å². The highest BCUT2D eigenvalue weighted by atomic mass is 16.5. The van der Waals surface area contributed by atoms with Gasteiger partial charge in [-0.2, -0.15) is 0 Å². The summed E-state index contributed by atoms with van der Waals surface area (Å²) in [6.45, 7) is 2.29. The van der Waals surface area contributed by atoms with Crippen LogP contribution in [0.5, 0.6) is 0 Å². The molecule has 5 nitrogen and oxygen atoms in total. The number of hydrogen-bond acceptors (Lipinski definition) is 4. The van der Waals surface area contributed by atoms with Gasteiger partial charge in [-0.1, -0.05) is 13.3 Å². The summed E-state index contributed by atoms with van der Waals surface area (Å²) >= 11 is 0. The third-order valence-corrected chi connectivity index (χ3v) is 1.78. The molecule has 1 rings (SSSR count). The summed E-state index contributed by atoms with van der Waals surface area (Å²) in [5.41, 5.74) is -0.0579. The minimum atomic E-state index is -1.13. The van der Waals surface area contributed by atoms with Crippen molar-refractivity contribution in [2.24, 2.45) is 0 Å². The number of carbonyl (C=O) groups is 2. The molecule has 0 atom stereocenters. The summed E-state index contributed by atoms with van der Waals surface area (Å²) in [5.74, 6) is -1.84. The summed E-state index contributed by atoms with van der Waals surface area (Å²) in [5, 5.41) is 8.58. The third kappa shape index (κ3) is 3.12. The lowest BCUT2D eigenvalue weighted by atomic mass is 10.3. The molecule has 0 saturated carbocycles. The predicted molar refractivity (Wildman–Crippen MR) is 50.9 cm³/mol. The second kappa shape index (κ2) is 5.19. The van der Waals surface area contributed by atoms with Gasteiger partial charge in [-0.15, -0.1) is 0 Å². The van der Waals surface area contributed by atoms with Gasteiger partial charge in [0, 0.05) is 6.07 Å². The van der Waals surface area contributed by atoms with Crippen LogP contribution in [0.1, 0.15) is 40.7 Å². The Morgan fingerprint density at radius 2 is 2.27 bits per heavy atom. The Kier molecular flexibility index (Phi) is 3.91. The molecule has 0 aliphatic heterocycles. The first-order chi connectivity index (χ1) is 7.15. The van der Waals surface area contributed by atoms with Crippen molar-refractivity contribution >= 4 is 11.9 Å². The fraction of sp³-hybridized carbons (Fsp3) is 0.400. The van der Waals surface area contributed by atoms with Crippen molar-refractivity contribution in [3.05, 3.63) is 23.7 Å². The standard InChI is InChI=1S/C10H12O5/c1-2-3-4-14-10(13)8-5-7(6-15-8)9(11)12/h5-6H,2-4H2,1H3,(H,11,12). The van der Waals surface area contributed by atoms with Crippen molar-refractivity contribution in [3.63, 3.8) is 0 Å². The number of aromatic carboxylic acids is 1. The Bertz CT molecular complexity index is 352. The summed E-state index contributed by atoms with van der Waals surface area (Å²) in [6.07, 6.45) is 2.71. The summed E-state index contributed by atoms with van der Waals surface area (Å²) < 4.78 is 9.60. The summed E-state index contributed by atoms with van der Waals surface area (Å²) in [4.78, 5) is 21.7. The number of carbonyl (C=O) groups excluding carboxylic acids is 1. The van der Waals surface area contributed by atoms with Gasteiger partial charge in [0.2, 0.25) is 5.76 Å². The van der Waals surface area contributed by atoms with E-state index in [1.807, 2.05) is 6.92 Å². The second-order valence-electron chi connectivity index (χ2n) is 2.99. The number of hydrogen-bond donors (Lipinski definition) is 1. The van der Waals surface area contributed by atoms with E-state index in [9.17, 15) is 9.59 Å². The fourth-order valence-electron chi connectivity index (χ4n) is 0.936. The van der Waals surface area contributed by atoms with E-state index in [2.05, 4.69) is 0 Å². The van der Waals surface area contributed by atoms with Crippen molar-refractivity contribution < 1.29 is 23.8 Å². The minimum Gasteiger partial charge on any atom is -0.478 e. The monoisotopic (exact) mass is 212 g/mol. The van der Waals surface area contributed by atoms with E-state index in [1.165, 1.54) is 0 Å². The van der Waals surface area contributed by atoms with Crippen LogP contribution in [0.25, 0.3) is 0 Å². The highest BCUT2D eigenvalue weighted by Gasteiger charge is 2.15. The number of unbranched alkanes of at least 4 members (excludes halogenated alkanes) is 1. The molecule has 0 aliphatic carbocycles. The van der Waals surface area contributed by atoms with Gasteiger partial charge in [-0.25, -0.2) is 9.59 Å². The van der Waals surface area contributed by atoms with Gasteiger partial charge >= 0.3 is 11.9 Å². The highest BCUT2D eigenvalue weighted by molar-refractivity contribution is 5.92. The molecule has 1 aromatic rings. The van der Waals surface area contributed by atoms with Crippen LogP contribution < -0.4 is 0 Å². The maximum absolute atomic E-state index is 11.2. The van der Waals surface area contributed by atoms with Gasteiger partial charge in [-0.05, 0) is 6.42 Å². The van der Waals surface area contributed by atoms with Crippen molar-refractivity contribution in [1.82, 2.24) is 0 Å². The third-order valence-electron chi connectivity index (χ3n) is 1.78. The van der Waals surface area contributed by atoms with E-state index in [4.69, 9.17) is 14.3 Å². The zero-order valence-electron chi connectivity index (χ0n) is 8.36. The number of carboxylic acid groups (broad SMARTS) is 1. The van der Waals surface area contributed by atoms with Crippen molar-refractivity contribution in [3.8, 4) is 0 Å². The predicted octanol–water partition coefficient (Wildman–Crippen LogP) is 1.93. The molecule has 0 fully saturated rings. The summed E-state index contributed by atoms with van der Waals surface area (Å²) in [7, 11) is 0. The number of furan rings is 1. The van der Waals surface area contributed by atoms with E-state index in [-0.39, 0.29) is 11.3 Å². The lowest BCUT2D eigenvalue weighted by Gasteiger charge is -1.99. The molecule has 0 bridgehead atoms. The molecule has 0 aromatic carbocycles. The average Bonchev–Trinajstić information content (AvgIpc) is 2.66. The topological polar surface area (TPSA) is 76.7 Å². The maximum atomic E-state index is 11.2. The second-order valence-corrected chi connectivity index (χ2v) is 2.99. The summed E-state index contributed by atoms with van der Waals surface area (Å²) in [6, 6.07) is 1.15. The molecule has 0 spiro atoms. The van der Waals surface area contributed by atoms with E-state index < -0.39 is 11.9 Å². The van der Waals surface area contributed by atoms with Crippen molar-refractivity contribution in [2.45, 2.75) is 19.8 Å². The average molecular weight is 212 g/mol. The molecular weight excluding hydrogens is 200 g/mol. The number of carboxylic acids is 1. The fourth-order valence-corrected chi connectivity index (χ4v) is 0.936. The number of rotatable bonds is 5. The van der Waals surface area contributed by atoms with Crippen LogP contribution in [0.15, 0.2) is 16.7 Å². The first-order valence-electron chi connectivity index (χ1n) is 4.64. The van der Waals surface area contributed by atoms with Crippen LogP contribution in [0.3, 0.4) is 0 Å². The van der Waals surface area contributed by atoms with Gasteiger partial charge in [0.15, 0.2) is 0 Å². The van der Waals surface area contributed by atoms with Crippen LogP contribution >= 0.6 is 0 Å². The SMILES string of the molecule is CCCCOC(=O)c1cc(C(=O)O)co1. The number of esters is 1. The molecule has 0 radical (unpaired) electrons. The molecule has 1 heterocycles. The molecule has 5 heteroatoms. The van der Waals surface area contributed by atoms with E-state index in [0.29, 0.717) is 6.61 Å². The largest absolute Gasteiger partial charge is 0.478 e. The quantitative estimate of drug-likeness (QED) is 0.596. The Hall–Kier alpha value is -1.78. The molecular formula is C10H12O5. The van der Waals surface area contributed by atoms with Crippen molar-refractivity contribution in [1.29, 1.82) is 0 Å². The number of ether oxygens (including phenoxy) is 1. The van der Waals surface area contributed by atoms with Gasteiger partial charge in [0.1, 0.15) is 6.26 Å². The highest BCUT2D eigenvalue weighted by Crippen LogP contribution is 2.09. The maximum Gasteiger partial charge on any atom is 0.374 e. The Morgan fingerprint density at radius 3 is 2.80 bits per heavy atom. The van der Waals surface area contributed by atoms with Gasteiger partial charge in [0.25, 0.3) is 0 Å².